The van der Waals surface area contributed by atoms with Crippen molar-refractivity contribution in [1.29, 1.82) is 0 Å². The molecule has 1 aromatic rings. The monoisotopic (exact) mass is 263 g/mol. The number of carbonyl (C=O) groups is 2. The van der Waals surface area contributed by atoms with E-state index >= 15 is 0 Å². The van der Waals surface area contributed by atoms with Crippen molar-refractivity contribution in [3.8, 4) is 0 Å². The molecule has 19 heavy (non-hydrogen) atoms. The number of carbonyl (C=O) groups excluding carboxylic acids is 1. The van der Waals surface area contributed by atoms with Crippen molar-refractivity contribution in [1.82, 2.24) is 0 Å². The minimum atomic E-state index is -0.949. The second-order valence-electron chi connectivity index (χ2n) is 5.08. The van der Waals surface area contributed by atoms with Gasteiger partial charge >= 0.3 is 5.97 Å². The Hall–Kier alpha value is -1.68. The quantitative estimate of drug-likeness (QED) is 0.788. The number of carboxylic acid groups (broad SMARTS) is 1. The Balaban J connectivity index is 2.73. The van der Waals surface area contributed by atoms with Gasteiger partial charge in [-0.3, -0.25) is 9.59 Å². The lowest BCUT2D eigenvalue weighted by molar-refractivity contribution is -0.143. The van der Waals surface area contributed by atoms with Gasteiger partial charge in [0.2, 0.25) is 0 Å². The van der Waals surface area contributed by atoms with Crippen LogP contribution in [0.3, 0.4) is 0 Å². The largest absolute Gasteiger partial charge is 0.481 e. The predicted molar refractivity (Wildman–Crippen MR) is 74.0 cm³/mol. The summed E-state index contributed by atoms with van der Waals surface area (Å²) in [7, 11) is 0. The Kier molecular flexibility index (Phi) is 5.70. The van der Waals surface area contributed by atoms with Crippen LogP contribution in [-0.4, -0.2) is 23.4 Å². The highest BCUT2D eigenvalue weighted by Crippen LogP contribution is 2.18. The third-order valence-corrected chi connectivity index (χ3v) is 3.18. The maximum absolute atomic E-state index is 11.3. The van der Waals surface area contributed by atoms with Gasteiger partial charge in [-0.2, -0.15) is 0 Å². The molecular formula is C15H21NO3. The summed E-state index contributed by atoms with van der Waals surface area (Å²) in [6.45, 7) is 4.11. The lowest BCUT2D eigenvalue weighted by Gasteiger charge is -2.12. The summed E-state index contributed by atoms with van der Waals surface area (Å²) < 4.78 is 0. The van der Waals surface area contributed by atoms with Gasteiger partial charge in [0.15, 0.2) is 0 Å². The molecule has 1 atom stereocenters. The van der Waals surface area contributed by atoms with Gasteiger partial charge in [-0.05, 0) is 23.5 Å². The predicted octanol–water partition coefficient (Wildman–Crippen LogP) is 1.97. The van der Waals surface area contributed by atoms with Gasteiger partial charge in [0.25, 0.3) is 0 Å². The van der Waals surface area contributed by atoms with Crippen molar-refractivity contribution < 1.29 is 14.7 Å². The molecule has 1 rings (SSSR count). The third kappa shape index (κ3) is 4.83. The molecule has 1 aromatic carbocycles. The van der Waals surface area contributed by atoms with Crippen LogP contribution in [0.2, 0.25) is 0 Å². The van der Waals surface area contributed by atoms with E-state index in [1.165, 1.54) is 5.56 Å². The number of hydrogen-bond acceptors (Lipinski definition) is 3. The van der Waals surface area contributed by atoms with Crippen LogP contribution < -0.4 is 5.73 Å². The van der Waals surface area contributed by atoms with Gasteiger partial charge in [0.1, 0.15) is 5.78 Å². The van der Waals surface area contributed by atoms with Crippen LogP contribution in [0, 0.1) is 5.92 Å². The molecule has 0 spiro atoms. The van der Waals surface area contributed by atoms with Crippen molar-refractivity contribution in [2.24, 2.45) is 11.7 Å². The van der Waals surface area contributed by atoms with E-state index in [1.807, 2.05) is 24.3 Å². The second kappa shape index (κ2) is 7.04. The van der Waals surface area contributed by atoms with Crippen molar-refractivity contribution in [2.75, 3.05) is 6.54 Å². The fraction of sp³-hybridized carbons (Fsp3) is 0.467. The molecule has 4 nitrogen and oxygen atoms in total. The first-order valence-electron chi connectivity index (χ1n) is 6.47. The highest BCUT2D eigenvalue weighted by molar-refractivity contribution is 5.85. The molecule has 0 radical (unpaired) electrons. The molecule has 0 heterocycles. The Morgan fingerprint density at radius 2 is 1.79 bits per heavy atom. The average Bonchev–Trinajstić information content (AvgIpc) is 2.38. The zero-order chi connectivity index (χ0) is 14.4. The molecule has 3 N–H and O–H groups in total. The molecule has 0 amide bonds. The standard InChI is InChI=1S/C15H21NO3/c1-10(2)12-5-3-11(4-6-12)7-13(15(18)19)8-14(17)9-16/h3-6,10,13H,7-9,16H2,1-2H3,(H,18,19). The summed E-state index contributed by atoms with van der Waals surface area (Å²) in [4.78, 5) is 22.4. The molecule has 0 aliphatic rings. The summed E-state index contributed by atoms with van der Waals surface area (Å²) in [6.07, 6.45) is 0.358. The van der Waals surface area contributed by atoms with Crippen LogP contribution >= 0.6 is 0 Å². The van der Waals surface area contributed by atoms with Gasteiger partial charge < -0.3 is 10.8 Å². The number of Topliss-reactive ketones (excluding diaryl/α,β-unsaturated/α-hetero) is 1. The lowest BCUT2D eigenvalue weighted by Crippen LogP contribution is -2.24. The van der Waals surface area contributed by atoms with Crippen molar-refractivity contribution in [3.63, 3.8) is 0 Å². The number of rotatable bonds is 7. The van der Waals surface area contributed by atoms with Crippen LogP contribution in [0.4, 0.5) is 0 Å². The molecule has 0 fully saturated rings. The maximum Gasteiger partial charge on any atom is 0.307 e. The van der Waals surface area contributed by atoms with E-state index in [9.17, 15) is 9.59 Å². The van der Waals surface area contributed by atoms with E-state index in [4.69, 9.17) is 10.8 Å². The smallest absolute Gasteiger partial charge is 0.307 e. The highest BCUT2D eigenvalue weighted by Gasteiger charge is 2.21. The molecule has 0 saturated heterocycles. The molecule has 0 aromatic heterocycles. The molecule has 0 aliphatic carbocycles. The van der Waals surface area contributed by atoms with Gasteiger partial charge in [-0.1, -0.05) is 38.1 Å². The van der Waals surface area contributed by atoms with Gasteiger partial charge in [-0.15, -0.1) is 0 Å². The number of hydrogen-bond donors (Lipinski definition) is 2. The first kappa shape index (κ1) is 15.4. The number of ketones is 1. The van der Waals surface area contributed by atoms with E-state index in [-0.39, 0.29) is 18.7 Å². The number of aliphatic carboxylic acids is 1. The fourth-order valence-corrected chi connectivity index (χ4v) is 1.93. The van der Waals surface area contributed by atoms with Crippen molar-refractivity contribution >= 4 is 11.8 Å². The first-order valence-corrected chi connectivity index (χ1v) is 6.47. The van der Waals surface area contributed by atoms with E-state index in [0.29, 0.717) is 12.3 Å². The van der Waals surface area contributed by atoms with E-state index in [1.54, 1.807) is 0 Å². The minimum absolute atomic E-state index is 0.00222. The number of carboxylic acids is 1. The summed E-state index contributed by atoms with van der Waals surface area (Å²) in [5, 5.41) is 9.13. The summed E-state index contributed by atoms with van der Waals surface area (Å²) >= 11 is 0. The highest BCUT2D eigenvalue weighted by atomic mass is 16.4. The Bertz CT molecular complexity index is 437. The fourth-order valence-electron chi connectivity index (χ4n) is 1.93. The van der Waals surface area contributed by atoms with Crippen molar-refractivity contribution in [2.45, 2.75) is 32.6 Å². The number of nitrogens with two attached hydrogens (primary N) is 1. The van der Waals surface area contributed by atoms with E-state index < -0.39 is 11.9 Å². The number of benzene rings is 1. The van der Waals surface area contributed by atoms with Crippen LogP contribution in [-0.2, 0) is 16.0 Å². The molecule has 0 aliphatic heterocycles. The molecular weight excluding hydrogens is 242 g/mol. The Morgan fingerprint density at radius 3 is 2.21 bits per heavy atom. The third-order valence-electron chi connectivity index (χ3n) is 3.18. The first-order chi connectivity index (χ1) is 8.93. The summed E-state index contributed by atoms with van der Waals surface area (Å²) in [5.74, 6) is -1.41. The van der Waals surface area contributed by atoms with Crippen LogP contribution in [0.15, 0.2) is 24.3 Å². The van der Waals surface area contributed by atoms with Gasteiger partial charge in [-0.25, -0.2) is 0 Å². The molecule has 4 heteroatoms. The zero-order valence-electron chi connectivity index (χ0n) is 11.4. The van der Waals surface area contributed by atoms with Crippen molar-refractivity contribution in [3.05, 3.63) is 35.4 Å². The average molecular weight is 263 g/mol. The molecule has 0 bridgehead atoms. The Morgan fingerprint density at radius 1 is 1.21 bits per heavy atom. The summed E-state index contributed by atoms with van der Waals surface area (Å²) in [5.41, 5.74) is 7.37. The zero-order valence-corrected chi connectivity index (χ0v) is 11.4. The van der Waals surface area contributed by atoms with E-state index in [0.717, 1.165) is 5.56 Å². The molecule has 1 unspecified atom stereocenters. The topological polar surface area (TPSA) is 80.4 Å². The van der Waals surface area contributed by atoms with Gasteiger partial charge in [0.05, 0.1) is 12.5 Å². The molecule has 104 valence electrons. The van der Waals surface area contributed by atoms with Crippen LogP contribution in [0.5, 0.6) is 0 Å². The lowest BCUT2D eigenvalue weighted by atomic mass is 9.93. The van der Waals surface area contributed by atoms with Crippen LogP contribution in [0.25, 0.3) is 0 Å². The van der Waals surface area contributed by atoms with Crippen LogP contribution in [0.1, 0.15) is 37.3 Å². The molecule has 0 saturated carbocycles. The second-order valence-corrected chi connectivity index (χ2v) is 5.08. The maximum atomic E-state index is 11.3. The summed E-state index contributed by atoms with van der Waals surface area (Å²) in [6, 6.07) is 7.86. The SMILES string of the molecule is CC(C)c1ccc(CC(CC(=O)CN)C(=O)O)cc1. The normalized spacial score (nSPS) is 12.4. The Labute approximate surface area is 113 Å². The minimum Gasteiger partial charge on any atom is -0.481 e. The van der Waals surface area contributed by atoms with Gasteiger partial charge in [0, 0.05) is 6.42 Å². The van der Waals surface area contributed by atoms with E-state index in [2.05, 4.69) is 13.8 Å².